The summed E-state index contributed by atoms with van der Waals surface area (Å²) in [7, 11) is 0. The molecule has 1 aromatic carbocycles. The standard InChI is InChI=1S/C18H23ClN2O2/c1-2-8-20-13-3-5-14(6-4-13)23-17-10-12-7-9-21-18(22)15(12)11-16(17)19/h7,9-11,13-14,20H,2-6,8H2,1H3,(H,21,22)/t13-,14+. The highest BCUT2D eigenvalue weighted by atomic mass is 35.5. The molecular formula is C18H23ClN2O2. The Bertz CT molecular complexity index is 721. The van der Waals surface area contributed by atoms with Crippen LogP contribution < -0.4 is 15.6 Å². The van der Waals surface area contributed by atoms with Crippen molar-refractivity contribution in [2.75, 3.05) is 6.54 Å². The van der Waals surface area contributed by atoms with Gasteiger partial charge in [-0.2, -0.15) is 0 Å². The van der Waals surface area contributed by atoms with Gasteiger partial charge in [0.05, 0.1) is 11.1 Å². The van der Waals surface area contributed by atoms with E-state index in [1.165, 1.54) is 6.42 Å². The molecular weight excluding hydrogens is 312 g/mol. The van der Waals surface area contributed by atoms with E-state index in [-0.39, 0.29) is 11.7 Å². The predicted molar refractivity (Wildman–Crippen MR) is 94.5 cm³/mol. The largest absolute Gasteiger partial charge is 0.489 e. The maximum Gasteiger partial charge on any atom is 0.255 e. The summed E-state index contributed by atoms with van der Waals surface area (Å²) in [4.78, 5) is 14.5. The highest BCUT2D eigenvalue weighted by Gasteiger charge is 2.22. The van der Waals surface area contributed by atoms with Crippen LogP contribution in [0.4, 0.5) is 0 Å². The Kier molecular flexibility index (Phi) is 5.23. The van der Waals surface area contributed by atoms with Crippen LogP contribution >= 0.6 is 11.6 Å². The monoisotopic (exact) mass is 334 g/mol. The van der Waals surface area contributed by atoms with E-state index in [1.54, 1.807) is 12.3 Å². The molecule has 23 heavy (non-hydrogen) atoms. The van der Waals surface area contributed by atoms with Gasteiger partial charge in [0, 0.05) is 17.6 Å². The quantitative estimate of drug-likeness (QED) is 0.872. The molecule has 0 spiro atoms. The molecule has 1 aliphatic rings. The normalized spacial score (nSPS) is 21.5. The Balaban J connectivity index is 1.68. The van der Waals surface area contributed by atoms with Crippen LogP contribution in [0, 0.1) is 0 Å². The maximum absolute atomic E-state index is 11.8. The third-order valence-corrected chi connectivity index (χ3v) is 4.77. The minimum atomic E-state index is -0.126. The number of pyridine rings is 1. The van der Waals surface area contributed by atoms with Crippen molar-refractivity contribution < 1.29 is 4.74 Å². The number of nitrogens with one attached hydrogen (secondary N) is 2. The van der Waals surface area contributed by atoms with Crippen molar-refractivity contribution in [3.8, 4) is 5.75 Å². The van der Waals surface area contributed by atoms with Gasteiger partial charge in [-0.25, -0.2) is 0 Å². The molecule has 1 aliphatic carbocycles. The molecule has 0 aliphatic heterocycles. The SMILES string of the molecule is CCCN[C@H]1CC[C@@H](Oc2cc3cc[nH]c(=O)c3cc2Cl)CC1. The molecule has 2 N–H and O–H groups in total. The molecule has 0 amide bonds. The zero-order valence-corrected chi connectivity index (χ0v) is 14.2. The van der Waals surface area contributed by atoms with Crippen molar-refractivity contribution >= 4 is 22.4 Å². The lowest BCUT2D eigenvalue weighted by Gasteiger charge is -2.30. The third kappa shape index (κ3) is 3.88. The summed E-state index contributed by atoms with van der Waals surface area (Å²) >= 11 is 6.30. The van der Waals surface area contributed by atoms with E-state index < -0.39 is 0 Å². The number of benzene rings is 1. The van der Waals surface area contributed by atoms with Gasteiger partial charge in [-0.1, -0.05) is 18.5 Å². The first kappa shape index (κ1) is 16.3. The second-order valence-corrected chi connectivity index (χ2v) is 6.63. The Morgan fingerprint density at radius 2 is 2.09 bits per heavy atom. The van der Waals surface area contributed by atoms with Crippen molar-refractivity contribution in [1.29, 1.82) is 0 Å². The number of ether oxygens (including phenoxy) is 1. The van der Waals surface area contributed by atoms with Gasteiger partial charge in [-0.05, 0) is 62.2 Å². The van der Waals surface area contributed by atoms with E-state index in [0.717, 1.165) is 37.6 Å². The Morgan fingerprint density at radius 3 is 2.83 bits per heavy atom. The lowest BCUT2D eigenvalue weighted by atomic mass is 9.93. The molecule has 1 aromatic heterocycles. The van der Waals surface area contributed by atoms with Gasteiger partial charge < -0.3 is 15.0 Å². The molecule has 3 rings (SSSR count). The van der Waals surface area contributed by atoms with Gasteiger partial charge in [0.15, 0.2) is 0 Å². The average Bonchev–Trinajstić information content (AvgIpc) is 2.56. The Morgan fingerprint density at radius 1 is 1.30 bits per heavy atom. The fourth-order valence-electron chi connectivity index (χ4n) is 3.19. The first-order valence-corrected chi connectivity index (χ1v) is 8.76. The third-order valence-electron chi connectivity index (χ3n) is 4.48. The topological polar surface area (TPSA) is 54.1 Å². The fraction of sp³-hybridized carbons (Fsp3) is 0.500. The van der Waals surface area contributed by atoms with Crippen molar-refractivity contribution in [1.82, 2.24) is 10.3 Å². The summed E-state index contributed by atoms with van der Waals surface area (Å²) < 4.78 is 6.11. The molecule has 0 saturated heterocycles. The molecule has 2 aromatic rings. The van der Waals surface area contributed by atoms with Crippen LogP contribution in [0.25, 0.3) is 10.8 Å². The van der Waals surface area contributed by atoms with Crippen LogP contribution in [0.2, 0.25) is 5.02 Å². The maximum atomic E-state index is 11.8. The first-order valence-electron chi connectivity index (χ1n) is 8.38. The van der Waals surface area contributed by atoms with Gasteiger partial charge >= 0.3 is 0 Å². The zero-order chi connectivity index (χ0) is 16.2. The van der Waals surface area contributed by atoms with E-state index in [4.69, 9.17) is 16.3 Å². The molecule has 0 radical (unpaired) electrons. The fourth-order valence-corrected chi connectivity index (χ4v) is 3.40. The number of fused-ring (bicyclic) bond motifs is 1. The van der Waals surface area contributed by atoms with Crippen LogP contribution in [0.3, 0.4) is 0 Å². The van der Waals surface area contributed by atoms with E-state index in [0.29, 0.717) is 22.2 Å². The van der Waals surface area contributed by atoms with E-state index in [2.05, 4.69) is 17.2 Å². The second kappa shape index (κ2) is 7.37. The van der Waals surface area contributed by atoms with Gasteiger partial charge in [-0.3, -0.25) is 4.79 Å². The molecule has 1 heterocycles. The number of hydrogen-bond donors (Lipinski definition) is 2. The predicted octanol–water partition coefficient (Wildman–Crippen LogP) is 3.87. The average molecular weight is 335 g/mol. The molecule has 1 fully saturated rings. The van der Waals surface area contributed by atoms with Gasteiger partial charge in [0.25, 0.3) is 5.56 Å². The van der Waals surface area contributed by atoms with Crippen LogP contribution in [0.1, 0.15) is 39.0 Å². The molecule has 4 nitrogen and oxygen atoms in total. The number of aromatic amines is 1. The van der Waals surface area contributed by atoms with E-state index in [1.807, 2.05) is 12.1 Å². The van der Waals surface area contributed by atoms with Crippen molar-refractivity contribution in [3.05, 3.63) is 39.8 Å². The number of hydrogen-bond acceptors (Lipinski definition) is 3. The molecule has 5 heteroatoms. The summed E-state index contributed by atoms with van der Waals surface area (Å²) in [6, 6.07) is 6.04. The van der Waals surface area contributed by atoms with Gasteiger partial charge in [-0.15, -0.1) is 0 Å². The van der Waals surface area contributed by atoms with Crippen LogP contribution in [-0.4, -0.2) is 23.7 Å². The molecule has 124 valence electrons. The smallest absolute Gasteiger partial charge is 0.255 e. The molecule has 0 bridgehead atoms. The number of halogens is 1. The molecule has 1 saturated carbocycles. The van der Waals surface area contributed by atoms with E-state index >= 15 is 0 Å². The molecule has 0 atom stereocenters. The Labute approximate surface area is 141 Å². The second-order valence-electron chi connectivity index (χ2n) is 6.22. The lowest BCUT2D eigenvalue weighted by Crippen LogP contribution is -2.36. The van der Waals surface area contributed by atoms with Crippen LogP contribution in [0.15, 0.2) is 29.2 Å². The first-order chi connectivity index (χ1) is 11.2. The highest BCUT2D eigenvalue weighted by Crippen LogP contribution is 2.32. The summed E-state index contributed by atoms with van der Waals surface area (Å²) in [5.74, 6) is 0.676. The van der Waals surface area contributed by atoms with E-state index in [9.17, 15) is 4.79 Å². The van der Waals surface area contributed by atoms with Crippen LogP contribution in [-0.2, 0) is 0 Å². The minimum Gasteiger partial charge on any atom is -0.489 e. The minimum absolute atomic E-state index is 0.126. The summed E-state index contributed by atoms with van der Waals surface area (Å²) in [5, 5.41) is 5.53. The highest BCUT2D eigenvalue weighted by molar-refractivity contribution is 6.32. The van der Waals surface area contributed by atoms with Gasteiger partial charge in [0.1, 0.15) is 5.75 Å². The number of rotatable bonds is 5. The summed E-state index contributed by atoms with van der Waals surface area (Å²) in [6.07, 6.45) is 7.35. The van der Waals surface area contributed by atoms with Crippen LogP contribution in [0.5, 0.6) is 5.75 Å². The van der Waals surface area contributed by atoms with Gasteiger partial charge in [0.2, 0.25) is 0 Å². The number of H-pyrrole nitrogens is 1. The summed E-state index contributed by atoms with van der Waals surface area (Å²) in [5.41, 5.74) is -0.126. The molecule has 0 unspecified atom stereocenters. The Hall–Kier alpha value is -1.52. The van der Waals surface area contributed by atoms with Crippen molar-refractivity contribution in [3.63, 3.8) is 0 Å². The zero-order valence-electron chi connectivity index (χ0n) is 13.4. The summed E-state index contributed by atoms with van der Waals surface area (Å²) in [6.45, 7) is 3.27. The van der Waals surface area contributed by atoms with Crippen molar-refractivity contribution in [2.45, 2.75) is 51.2 Å². The number of aromatic nitrogens is 1. The van der Waals surface area contributed by atoms with Crippen molar-refractivity contribution in [2.24, 2.45) is 0 Å². The lowest BCUT2D eigenvalue weighted by molar-refractivity contribution is 0.140.